The average molecular weight is 202 g/mol. The van der Waals surface area contributed by atoms with E-state index in [0.717, 1.165) is 11.1 Å². The van der Waals surface area contributed by atoms with E-state index >= 15 is 0 Å². The highest BCUT2D eigenvalue weighted by atomic mass is 19.4. The molecule has 1 rings (SSSR count). The zero-order valence-electron chi connectivity index (χ0n) is 8.50. The molecule has 0 radical (unpaired) electrons. The van der Waals surface area contributed by atoms with Crippen molar-refractivity contribution in [3.05, 3.63) is 34.4 Å². The molecule has 0 atom stereocenters. The Morgan fingerprint density at radius 2 is 1.64 bits per heavy atom. The number of hydrogen-bond acceptors (Lipinski definition) is 0. The minimum Gasteiger partial charge on any atom is -0.166 e. The van der Waals surface area contributed by atoms with Gasteiger partial charge in [-0.25, -0.2) is 0 Å². The van der Waals surface area contributed by atoms with Gasteiger partial charge in [0.05, 0.1) is 5.57 Å². The van der Waals surface area contributed by atoms with Crippen LogP contribution in [0.2, 0.25) is 0 Å². The van der Waals surface area contributed by atoms with E-state index in [-0.39, 0.29) is 0 Å². The van der Waals surface area contributed by atoms with E-state index in [1.807, 2.05) is 6.92 Å². The highest BCUT2D eigenvalue weighted by Crippen LogP contribution is 2.32. The maximum Gasteiger partial charge on any atom is 0.416 e. The molecule has 0 nitrogen and oxygen atoms in total. The summed E-state index contributed by atoms with van der Waals surface area (Å²) in [6, 6.07) is 0. The summed E-state index contributed by atoms with van der Waals surface area (Å²) in [4.78, 5) is 0. The summed E-state index contributed by atoms with van der Waals surface area (Å²) in [6.45, 7) is 5.30. The molecule has 78 valence electrons. The Morgan fingerprint density at radius 1 is 1.07 bits per heavy atom. The van der Waals surface area contributed by atoms with Gasteiger partial charge in [-0.2, -0.15) is 13.2 Å². The van der Waals surface area contributed by atoms with Crippen LogP contribution in [0.3, 0.4) is 0 Å². The molecular formula is C11H13F3. The predicted octanol–water partition coefficient (Wildman–Crippen LogP) is 4.16. The van der Waals surface area contributed by atoms with Crippen molar-refractivity contribution in [2.75, 3.05) is 0 Å². The molecule has 0 saturated carbocycles. The van der Waals surface area contributed by atoms with Crippen molar-refractivity contribution in [1.29, 1.82) is 0 Å². The lowest BCUT2D eigenvalue weighted by Gasteiger charge is -2.07. The zero-order valence-corrected chi connectivity index (χ0v) is 8.50. The van der Waals surface area contributed by atoms with Gasteiger partial charge in [0.25, 0.3) is 0 Å². The lowest BCUT2D eigenvalue weighted by Crippen LogP contribution is -2.10. The second kappa shape index (κ2) is 3.64. The molecule has 0 unspecified atom stereocenters. The highest BCUT2D eigenvalue weighted by molar-refractivity contribution is 5.40. The van der Waals surface area contributed by atoms with E-state index in [0.29, 0.717) is 12.0 Å². The minimum absolute atomic E-state index is 0.552. The van der Waals surface area contributed by atoms with Crippen molar-refractivity contribution >= 4 is 0 Å². The van der Waals surface area contributed by atoms with Gasteiger partial charge in [-0.05, 0) is 33.3 Å². The van der Waals surface area contributed by atoms with Crippen molar-refractivity contribution in [3.8, 4) is 0 Å². The third-order valence-electron chi connectivity index (χ3n) is 2.32. The largest absolute Gasteiger partial charge is 0.416 e. The fourth-order valence-corrected chi connectivity index (χ4v) is 1.44. The van der Waals surface area contributed by atoms with E-state index in [9.17, 15) is 13.2 Å². The maximum atomic E-state index is 12.5. The molecule has 0 bridgehead atoms. The van der Waals surface area contributed by atoms with Crippen molar-refractivity contribution in [2.24, 2.45) is 0 Å². The van der Waals surface area contributed by atoms with Crippen molar-refractivity contribution in [1.82, 2.24) is 0 Å². The number of allylic oxidation sites excluding steroid dienone is 6. The Morgan fingerprint density at radius 3 is 2.14 bits per heavy atom. The molecule has 1 aliphatic rings. The molecule has 0 heterocycles. The van der Waals surface area contributed by atoms with Gasteiger partial charge in [0, 0.05) is 0 Å². The van der Waals surface area contributed by atoms with Gasteiger partial charge in [-0.15, -0.1) is 0 Å². The topological polar surface area (TPSA) is 0 Å². The summed E-state index contributed by atoms with van der Waals surface area (Å²) in [7, 11) is 0. The van der Waals surface area contributed by atoms with E-state index in [2.05, 4.69) is 0 Å². The van der Waals surface area contributed by atoms with Crippen LogP contribution in [0.15, 0.2) is 34.4 Å². The summed E-state index contributed by atoms with van der Waals surface area (Å²) >= 11 is 0. The van der Waals surface area contributed by atoms with E-state index in [1.165, 1.54) is 12.2 Å². The average Bonchev–Trinajstić information content (AvgIpc) is 2.11. The molecule has 0 aromatic carbocycles. The molecule has 0 saturated heterocycles. The Hall–Kier alpha value is -0.990. The summed E-state index contributed by atoms with van der Waals surface area (Å²) in [5.74, 6) is 0. The van der Waals surface area contributed by atoms with Crippen LogP contribution in [0.4, 0.5) is 13.2 Å². The lowest BCUT2D eigenvalue weighted by molar-refractivity contribution is -0.0882. The van der Waals surface area contributed by atoms with Crippen molar-refractivity contribution < 1.29 is 13.2 Å². The van der Waals surface area contributed by atoms with Gasteiger partial charge in [0.2, 0.25) is 0 Å². The molecule has 0 fully saturated rings. The number of alkyl halides is 3. The standard InChI is InChI=1S/C11H13F3/c1-7-4-8(2)9(3)6-10(5-7)11(12,13)14/h5-6H,4H2,1-3H3. The number of hydrogen-bond donors (Lipinski definition) is 0. The predicted molar refractivity (Wildman–Crippen MR) is 50.9 cm³/mol. The Bertz CT molecular complexity index is 327. The Kier molecular flexibility index (Phi) is 2.88. The van der Waals surface area contributed by atoms with Gasteiger partial charge in [0.15, 0.2) is 0 Å². The molecular weight excluding hydrogens is 189 g/mol. The van der Waals surface area contributed by atoms with Crippen molar-refractivity contribution in [3.63, 3.8) is 0 Å². The maximum absolute atomic E-state index is 12.5. The van der Waals surface area contributed by atoms with Crippen LogP contribution in [0.25, 0.3) is 0 Å². The second-order valence-electron chi connectivity index (χ2n) is 3.73. The molecule has 0 aromatic heterocycles. The number of halogens is 3. The molecule has 0 N–H and O–H groups in total. The summed E-state index contributed by atoms with van der Waals surface area (Å²) in [5.41, 5.74) is 1.91. The van der Waals surface area contributed by atoms with Crippen LogP contribution in [0.5, 0.6) is 0 Å². The Labute approximate surface area is 81.8 Å². The number of rotatable bonds is 0. The van der Waals surface area contributed by atoms with Crippen LogP contribution in [0.1, 0.15) is 27.2 Å². The summed E-state index contributed by atoms with van der Waals surface area (Å²) < 4.78 is 37.4. The fourth-order valence-electron chi connectivity index (χ4n) is 1.44. The van der Waals surface area contributed by atoms with Gasteiger partial charge < -0.3 is 0 Å². The van der Waals surface area contributed by atoms with E-state index < -0.39 is 11.7 Å². The third kappa shape index (κ3) is 2.50. The highest BCUT2D eigenvalue weighted by Gasteiger charge is 2.32. The van der Waals surface area contributed by atoms with Gasteiger partial charge in [-0.3, -0.25) is 0 Å². The first-order valence-electron chi connectivity index (χ1n) is 4.43. The van der Waals surface area contributed by atoms with Crippen LogP contribution in [0, 0.1) is 0 Å². The molecule has 1 aliphatic carbocycles. The second-order valence-corrected chi connectivity index (χ2v) is 3.73. The van der Waals surface area contributed by atoms with Crippen LogP contribution in [-0.4, -0.2) is 6.18 Å². The lowest BCUT2D eigenvalue weighted by atomic mass is 10.1. The fraction of sp³-hybridized carbons (Fsp3) is 0.455. The summed E-state index contributed by atoms with van der Waals surface area (Å²) in [5, 5.41) is 0. The third-order valence-corrected chi connectivity index (χ3v) is 2.32. The first-order chi connectivity index (χ1) is 6.30. The first-order valence-corrected chi connectivity index (χ1v) is 4.43. The summed E-state index contributed by atoms with van der Waals surface area (Å²) in [6.07, 6.45) is -1.18. The SMILES string of the molecule is CC1=CC(C(F)(F)F)=CC(C)=C(C)C1. The monoisotopic (exact) mass is 202 g/mol. The van der Waals surface area contributed by atoms with E-state index in [4.69, 9.17) is 0 Å². The minimum atomic E-state index is -4.24. The quantitative estimate of drug-likeness (QED) is 0.553. The van der Waals surface area contributed by atoms with Crippen LogP contribution < -0.4 is 0 Å². The molecule has 0 amide bonds. The van der Waals surface area contributed by atoms with Crippen molar-refractivity contribution in [2.45, 2.75) is 33.4 Å². The van der Waals surface area contributed by atoms with E-state index in [1.54, 1.807) is 13.8 Å². The Balaban J connectivity index is 3.18. The molecule has 14 heavy (non-hydrogen) atoms. The van der Waals surface area contributed by atoms with Gasteiger partial charge in [-0.1, -0.05) is 22.8 Å². The first kappa shape index (κ1) is 11.1. The zero-order chi connectivity index (χ0) is 10.9. The van der Waals surface area contributed by atoms with Crippen LogP contribution >= 0.6 is 0 Å². The molecule has 0 aliphatic heterocycles. The molecule has 3 heteroatoms. The van der Waals surface area contributed by atoms with Crippen LogP contribution in [-0.2, 0) is 0 Å². The van der Waals surface area contributed by atoms with Gasteiger partial charge >= 0.3 is 6.18 Å². The normalized spacial score (nSPS) is 19.0. The van der Waals surface area contributed by atoms with Gasteiger partial charge in [0.1, 0.15) is 0 Å². The smallest absolute Gasteiger partial charge is 0.166 e. The molecule has 0 spiro atoms. The molecule has 0 aromatic rings.